The Morgan fingerprint density at radius 1 is 1.16 bits per heavy atom. The van der Waals surface area contributed by atoms with Crippen LogP contribution in [0.4, 0.5) is 24.5 Å². The van der Waals surface area contributed by atoms with Crippen LogP contribution in [0.3, 0.4) is 0 Å². The molecule has 3 N–H and O–H groups in total. The zero-order valence-electron chi connectivity index (χ0n) is 12.4. The Hall–Kier alpha value is -2.66. The van der Waals surface area contributed by atoms with E-state index in [-0.39, 0.29) is 17.8 Å². The van der Waals surface area contributed by atoms with E-state index in [9.17, 15) is 31.7 Å². The van der Waals surface area contributed by atoms with Crippen molar-refractivity contribution in [2.45, 2.75) is 17.6 Å². The summed E-state index contributed by atoms with van der Waals surface area (Å²) in [6.07, 6.45) is -4.50. The maximum Gasteiger partial charge on any atom is 0.416 e. The smallest absolute Gasteiger partial charge is 0.380 e. The van der Waals surface area contributed by atoms with Gasteiger partial charge in [0.15, 0.2) is 0 Å². The highest BCUT2D eigenvalue weighted by Crippen LogP contribution is 2.30. The third-order valence-corrected chi connectivity index (χ3v) is 4.17. The van der Waals surface area contributed by atoms with Gasteiger partial charge in [0.25, 0.3) is 5.69 Å². The predicted molar refractivity (Wildman–Crippen MR) is 83.2 cm³/mol. The molecule has 2 aromatic rings. The van der Waals surface area contributed by atoms with Crippen LogP contribution in [0.5, 0.6) is 0 Å². The molecule has 0 unspecified atom stereocenters. The first kappa shape index (κ1) is 18.7. The van der Waals surface area contributed by atoms with E-state index in [1.807, 2.05) is 0 Å². The zero-order chi connectivity index (χ0) is 18.8. The van der Waals surface area contributed by atoms with Gasteiger partial charge in [0, 0.05) is 18.7 Å². The van der Waals surface area contributed by atoms with E-state index in [0.29, 0.717) is 0 Å². The average Bonchev–Trinajstić information content (AvgIpc) is 2.51. The first-order valence-electron chi connectivity index (χ1n) is 6.70. The van der Waals surface area contributed by atoms with Crippen molar-refractivity contribution in [3.05, 3.63) is 63.7 Å². The number of nitrogens with two attached hydrogens (primary N) is 1. The minimum absolute atomic E-state index is 0.0505. The Bertz CT molecular complexity index is 914. The number of halogens is 3. The number of hydrogen-bond donors (Lipinski definition) is 2. The lowest BCUT2D eigenvalue weighted by molar-refractivity contribution is -0.385. The molecule has 0 atom stereocenters. The molecule has 0 amide bonds. The Kier molecular flexibility index (Phi) is 4.99. The summed E-state index contributed by atoms with van der Waals surface area (Å²) in [6.45, 7) is -0.135. The number of nitro groups is 1. The van der Waals surface area contributed by atoms with Crippen molar-refractivity contribution in [1.29, 1.82) is 0 Å². The summed E-state index contributed by atoms with van der Waals surface area (Å²) in [5.74, 6) is 0. The molecule has 2 aromatic carbocycles. The molecule has 0 spiro atoms. The van der Waals surface area contributed by atoms with Crippen LogP contribution in [0, 0.1) is 10.1 Å². The fourth-order valence-corrected chi connectivity index (χ4v) is 2.79. The number of nitrogens with one attached hydrogen (secondary N) is 1. The highest BCUT2D eigenvalue weighted by molar-refractivity contribution is 7.89. The Morgan fingerprint density at radius 2 is 1.84 bits per heavy atom. The molecule has 2 rings (SSSR count). The van der Waals surface area contributed by atoms with Crippen molar-refractivity contribution in [3.8, 4) is 0 Å². The molecule has 0 saturated heterocycles. The molecule has 7 nitrogen and oxygen atoms in total. The summed E-state index contributed by atoms with van der Waals surface area (Å²) in [6, 6.07) is 7.43. The van der Waals surface area contributed by atoms with E-state index in [4.69, 9.17) is 5.14 Å². The lowest BCUT2D eigenvalue weighted by atomic mass is 10.1. The summed E-state index contributed by atoms with van der Waals surface area (Å²) in [5.41, 5.74) is -1.13. The molecule has 0 heterocycles. The molecule has 0 bridgehead atoms. The number of hydrogen-bond acceptors (Lipinski definition) is 5. The molecule has 0 aliphatic heterocycles. The van der Waals surface area contributed by atoms with E-state index < -0.39 is 37.3 Å². The molecular formula is C14H12F3N3O4S. The summed E-state index contributed by atoms with van der Waals surface area (Å²) >= 11 is 0. The topological polar surface area (TPSA) is 115 Å². The van der Waals surface area contributed by atoms with E-state index in [1.54, 1.807) is 0 Å². The minimum atomic E-state index is -4.50. The Labute approximate surface area is 140 Å². The summed E-state index contributed by atoms with van der Waals surface area (Å²) in [7, 11) is -4.27. The van der Waals surface area contributed by atoms with Crippen LogP contribution in [-0.2, 0) is 22.7 Å². The number of rotatable bonds is 5. The minimum Gasteiger partial charge on any atom is -0.380 e. The molecule has 0 saturated carbocycles. The second-order valence-corrected chi connectivity index (χ2v) is 6.56. The van der Waals surface area contributed by atoms with Crippen molar-refractivity contribution >= 4 is 21.4 Å². The molecule has 0 aromatic heterocycles. The van der Waals surface area contributed by atoms with Crippen molar-refractivity contribution < 1.29 is 26.5 Å². The highest BCUT2D eigenvalue weighted by atomic mass is 32.2. The lowest BCUT2D eigenvalue weighted by Crippen LogP contribution is -2.15. The van der Waals surface area contributed by atoms with E-state index in [0.717, 1.165) is 30.3 Å². The van der Waals surface area contributed by atoms with Crippen LogP contribution < -0.4 is 10.5 Å². The predicted octanol–water partition coefficient (Wildman–Crippen LogP) is 2.87. The van der Waals surface area contributed by atoms with Gasteiger partial charge >= 0.3 is 6.18 Å². The third kappa shape index (κ3) is 4.67. The molecule has 134 valence electrons. The van der Waals surface area contributed by atoms with Gasteiger partial charge < -0.3 is 5.32 Å². The van der Waals surface area contributed by atoms with E-state index in [1.165, 1.54) is 12.1 Å². The molecule has 0 fully saturated rings. The highest BCUT2D eigenvalue weighted by Gasteiger charge is 2.30. The van der Waals surface area contributed by atoms with Gasteiger partial charge in [-0.15, -0.1) is 0 Å². The van der Waals surface area contributed by atoms with Crippen LogP contribution >= 0.6 is 0 Å². The normalized spacial score (nSPS) is 12.0. The van der Waals surface area contributed by atoms with E-state index in [2.05, 4.69) is 5.32 Å². The number of sulfonamides is 1. The van der Waals surface area contributed by atoms with Gasteiger partial charge in [0.2, 0.25) is 10.0 Å². The lowest BCUT2D eigenvalue weighted by Gasteiger charge is -2.12. The molecular weight excluding hydrogens is 363 g/mol. The number of primary sulfonamides is 1. The largest absolute Gasteiger partial charge is 0.416 e. The molecule has 11 heteroatoms. The quantitative estimate of drug-likeness (QED) is 0.616. The number of benzene rings is 2. The maximum absolute atomic E-state index is 12.7. The summed E-state index contributed by atoms with van der Waals surface area (Å²) < 4.78 is 61.3. The SMILES string of the molecule is NS(=O)(=O)c1cc([N+](=O)[O-])ccc1NCc1cccc(C(F)(F)F)c1. The van der Waals surface area contributed by atoms with E-state index >= 15 is 0 Å². The fourth-order valence-electron chi connectivity index (χ4n) is 2.06. The maximum atomic E-state index is 12.7. The van der Waals surface area contributed by atoms with Crippen LogP contribution in [-0.4, -0.2) is 13.3 Å². The number of nitrogens with zero attached hydrogens (tertiary/aromatic N) is 1. The molecule has 0 aliphatic carbocycles. The number of non-ortho nitro benzene ring substituents is 1. The van der Waals surface area contributed by atoms with Crippen LogP contribution in [0.2, 0.25) is 0 Å². The zero-order valence-corrected chi connectivity index (χ0v) is 13.3. The van der Waals surface area contributed by atoms with Gasteiger partial charge in [0.05, 0.1) is 16.2 Å². The van der Waals surface area contributed by atoms with Crippen molar-refractivity contribution in [2.75, 3.05) is 5.32 Å². The number of alkyl halides is 3. The Morgan fingerprint density at radius 3 is 2.40 bits per heavy atom. The standard InChI is InChI=1S/C14H12F3N3O4S/c15-14(16,17)10-3-1-2-9(6-10)8-19-12-5-4-11(20(21)22)7-13(12)25(18,23)24/h1-7,19H,8H2,(H2,18,23,24). The van der Waals surface area contributed by atoms with Gasteiger partial charge in [-0.3, -0.25) is 10.1 Å². The van der Waals surface area contributed by atoms with Gasteiger partial charge in [-0.1, -0.05) is 12.1 Å². The average molecular weight is 375 g/mol. The molecule has 25 heavy (non-hydrogen) atoms. The second kappa shape index (κ2) is 6.69. The molecule has 0 radical (unpaired) electrons. The van der Waals surface area contributed by atoms with Gasteiger partial charge in [-0.05, 0) is 23.8 Å². The first-order chi connectivity index (χ1) is 11.5. The van der Waals surface area contributed by atoms with Gasteiger partial charge in [0.1, 0.15) is 4.90 Å². The molecule has 0 aliphatic rings. The Balaban J connectivity index is 2.31. The number of anilines is 1. The van der Waals surface area contributed by atoms with Gasteiger partial charge in [-0.25, -0.2) is 13.6 Å². The summed E-state index contributed by atoms with van der Waals surface area (Å²) in [4.78, 5) is 9.44. The van der Waals surface area contributed by atoms with Gasteiger partial charge in [-0.2, -0.15) is 13.2 Å². The van der Waals surface area contributed by atoms with Crippen LogP contribution in [0.1, 0.15) is 11.1 Å². The fraction of sp³-hybridized carbons (Fsp3) is 0.143. The van der Waals surface area contributed by atoms with Crippen molar-refractivity contribution in [1.82, 2.24) is 0 Å². The third-order valence-electron chi connectivity index (χ3n) is 3.22. The van der Waals surface area contributed by atoms with Crippen molar-refractivity contribution in [3.63, 3.8) is 0 Å². The van der Waals surface area contributed by atoms with Crippen LogP contribution in [0.15, 0.2) is 47.4 Å². The van der Waals surface area contributed by atoms with Crippen LogP contribution in [0.25, 0.3) is 0 Å². The monoisotopic (exact) mass is 375 g/mol. The van der Waals surface area contributed by atoms with Crippen molar-refractivity contribution in [2.24, 2.45) is 5.14 Å². The first-order valence-corrected chi connectivity index (χ1v) is 8.24. The summed E-state index contributed by atoms with van der Waals surface area (Å²) in [5, 5.41) is 18.4. The number of nitro benzene ring substituents is 1. The second-order valence-electron chi connectivity index (χ2n) is 5.03.